The second kappa shape index (κ2) is 24.0. The second-order valence-corrected chi connectivity index (χ2v) is 12.7. The summed E-state index contributed by atoms with van der Waals surface area (Å²) < 4.78 is 0. The minimum atomic E-state index is -1.57. The molecule has 2 heterocycles. The Balaban J connectivity index is 0.00000486. The van der Waals surface area contributed by atoms with Crippen molar-refractivity contribution < 1.29 is 149 Å². The van der Waals surface area contributed by atoms with E-state index in [0.29, 0.717) is 17.5 Å². The number of aromatic nitrogens is 2. The Labute approximate surface area is 389 Å². The van der Waals surface area contributed by atoms with Crippen LogP contribution in [0.15, 0.2) is 60.9 Å². The van der Waals surface area contributed by atoms with Crippen LogP contribution < -0.4 is 84.6 Å². The van der Waals surface area contributed by atoms with Crippen LogP contribution in [0.3, 0.4) is 0 Å². The van der Waals surface area contributed by atoms with E-state index in [1.807, 2.05) is 0 Å². The molecule has 4 atom stereocenters. The van der Waals surface area contributed by atoms with Gasteiger partial charge in [0.2, 0.25) is 0 Å². The van der Waals surface area contributed by atoms with Crippen molar-refractivity contribution in [3.63, 3.8) is 0 Å². The van der Waals surface area contributed by atoms with Crippen LogP contribution >= 0.6 is 0 Å². The maximum Gasteiger partial charge on any atom is 3.00 e. The molecule has 0 saturated carbocycles. The number of fused-ring (bicyclic) bond motifs is 2. The first-order chi connectivity index (χ1) is 24.3. The van der Waals surface area contributed by atoms with E-state index in [0.717, 1.165) is 31.6 Å². The summed E-state index contributed by atoms with van der Waals surface area (Å²) in [6, 6.07) is 10.1. The molecular formula is C36H40GdN5Na2O10. The van der Waals surface area contributed by atoms with E-state index in [-0.39, 0.29) is 138 Å². The number of carboxylic acids is 5. The molecule has 1 radical (unpaired) electrons. The van der Waals surface area contributed by atoms with E-state index in [4.69, 9.17) is 0 Å². The molecule has 54 heavy (non-hydrogen) atoms. The predicted octanol–water partition coefficient (Wildman–Crippen LogP) is -9.75. The summed E-state index contributed by atoms with van der Waals surface area (Å²) >= 11 is 0. The van der Waals surface area contributed by atoms with Gasteiger partial charge >= 0.3 is 99.1 Å². The minimum absolute atomic E-state index is 0. The largest absolute Gasteiger partial charge is 3.00 e. The number of para-hydroxylation sites is 2. The number of hydrogen-bond acceptors (Lipinski definition) is 13. The van der Waals surface area contributed by atoms with Crippen molar-refractivity contribution in [1.29, 1.82) is 0 Å². The molecule has 0 aliphatic carbocycles. The smallest absolute Gasteiger partial charge is 0.549 e. The van der Waals surface area contributed by atoms with Gasteiger partial charge in [-0.05, 0) is 42.0 Å². The van der Waals surface area contributed by atoms with Crippen molar-refractivity contribution in [2.75, 3.05) is 39.3 Å². The van der Waals surface area contributed by atoms with Crippen LogP contribution in [0.1, 0.15) is 31.4 Å². The fourth-order valence-corrected chi connectivity index (χ4v) is 6.63. The predicted molar refractivity (Wildman–Crippen MR) is 175 cm³/mol. The van der Waals surface area contributed by atoms with Crippen LogP contribution in [-0.2, 0) is 36.8 Å². The molecule has 0 spiro atoms. The summed E-state index contributed by atoms with van der Waals surface area (Å²) in [7, 11) is 0. The fraction of sp³-hybridized carbons (Fsp3) is 0.417. The summed E-state index contributed by atoms with van der Waals surface area (Å²) in [5.41, 5.74) is 2.67. The van der Waals surface area contributed by atoms with Crippen molar-refractivity contribution in [3.8, 4) is 0 Å². The van der Waals surface area contributed by atoms with Gasteiger partial charge in [-0.15, -0.1) is 0 Å². The summed E-state index contributed by atoms with van der Waals surface area (Å²) in [6.45, 7) is 0.781. The Kier molecular flexibility index (Phi) is 22.2. The Hall–Kier alpha value is -1.93. The summed E-state index contributed by atoms with van der Waals surface area (Å²) in [5.74, 6) is -8.24. The molecule has 0 aliphatic heterocycles. The molecule has 0 unspecified atom stereocenters. The first-order valence-electron chi connectivity index (χ1n) is 16.6. The Bertz CT molecular complexity index is 1740. The van der Waals surface area contributed by atoms with Gasteiger partial charge in [-0.3, -0.25) is 14.7 Å². The van der Waals surface area contributed by atoms with Gasteiger partial charge in [0.25, 0.3) is 0 Å². The fourth-order valence-electron chi connectivity index (χ4n) is 6.63. The van der Waals surface area contributed by atoms with Gasteiger partial charge in [-0.25, -0.2) is 0 Å². The number of aromatic amines is 2. The Morgan fingerprint density at radius 1 is 0.611 bits per heavy atom. The number of benzene rings is 2. The third-order valence-corrected chi connectivity index (χ3v) is 9.43. The molecule has 2 N–H and O–H groups in total. The number of carboxylic acid groups (broad SMARTS) is 5. The molecule has 279 valence electrons. The number of carbonyl (C=O) groups is 5. The normalized spacial score (nSPS) is 13.4. The van der Waals surface area contributed by atoms with E-state index >= 15 is 0 Å². The van der Waals surface area contributed by atoms with E-state index in [1.165, 1.54) is 4.90 Å². The van der Waals surface area contributed by atoms with Crippen molar-refractivity contribution >= 4 is 51.7 Å². The summed E-state index contributed by atoms with van der Waals surface area (Å²) in [4.78, 5) is 70.9. The molecule has 0 aliphatic rings. The molecule has 18 heteroatoms. The number of hydrogen-bond donors (Lipinski definition) is 2. The number of nitrogens with one attached hydrogen (secondary N) is 2. The van der Waals surface area contributed by atoms with Crippen LogP contribution in [0.25, 0.3) is 21.8 Å². The third kappa shape index (κ3) is 13.6. The zero-order valence-corrected chi connectivity index (χ0v) is 37.0. The standard InChI is InChI=1S/C36H45N5O10.Gd.2Na/c1-3-22(2)33(36(50)51)39(12-14-40(20-31(42)43)29(34(46)47)16-23-18-37-27-10-6-4-8-25(23)27)13-15-41(21-32(44)45)30(35(48)49)17-24-19-38-28-11-7-5-9-26(24)28;;;/h4-11,18-19,22,29-30,33,37-38H,3,12-17,20-21H2,1-2H3,(H,42,43)(H,44,45)(H,46,47)(H,48,49)(H,50,51);;;/q;+3;2*+1/p-5/t22-,29-,30-,33-;;;/m0.../s1. The molecule has 0 amide bonds. The molecule has 15 nitrogen and oxygen atoms in total. The average molecular weight is 906 g/mol. The van der Waals surface area contributed by atoms with E-state index in [9.17, 15) is 49.5 Å². The van der Waals surface area contributed by atoms with Crippen LogP contribution in [0.2, 0.25) is 0 Å². The first-order valence-corrected chi connectivity index (χ1v) is 16.6. The summed E-state index contributed by atoms with van der Waals surface area (Å²) in [6.07, 6.45) is 3.33. The Morgan fingerprint density at radius 3 is 1.31 bits per heavy atom. The molecule has 0 saturated heterocycles. The SMILES string of the molecule is CC[C@H](C)[C@@H](C(=O)[O-])N(CCN(CC(=O)[O-])[C@@H](Cc1c[nH]c2ccccc12)C(=O)[O-])CCN(CC(=O)[O-])[C@@H](Cc1c[nH]c2ccccc12)C(=O)[O-].[Gd+3].[Na+].[Na+]. The van der Waals surface area contributed by atoms with Gasteiger partial charge in [-0.2, -0.15) is 0 Å². The number of aliphatic carboxylic acids is 5. The second-order valence-electron chi connectivity index (χ2n) is 12.7. The van der Waals surface area contributed by atoms with E-state index in [2.05, 4.69) is 9.97 Å². The maximum absolute atomic E-state index is 12.5. The van der Waals surface area contributed by atoms with Crippen molar-refractivity contribution in [1.82, 2.24) is 24.7 Å². The molecule has 2 aromatic carbocycles. The minimum Gasteiger partial charge on any atom is -0.549 e. The van der Waals surface area contributed by atoms with Crippen molar-refractivity contribution in [2.24, 2.45) is 5.92 Å². The van der Waals surface area contributed by atoms with Crippen LogP contribution in [-0.4, -0.2) is 112 Å². The number of H-pyrrole nitrogens is 2. The van der Waals surface area contributed by atoms with Gasteiger partial charge in [-0.1, -0.05) is 56.7 Å². The average Bonchev–Trinajstić information content (AvgIpc) is 3.69. The maximum atomic E-state index is 12.5. The van der Waals surface area contributed by atoms with Gasteiger partial charge in [0.15, 0.2) is 0 Å². The first kappa shape index (κ1) is 50.1. The molecule has 4 rings (SSSR count). The number of carbonyl (C=O) groups excluding carboxylic acids is 5. The topological polar surface area (TPSA) is 242 Å². The van der Waals surface area contributed by atoms with Crippen LogP contribution in [0, 0.1) is 45.9 Å². The molecule has 0 fully saturated rings. The molecular weight excluding hydrogens is 866 g/mol. The van der Waals surface area contributed by atoms with Gasteiger partial charge < -0.3 is 59.5 Å². The van der Waals surface area contributed by atoms with Gasteiger partial charge in [0.1, 0.15) is 0 Å². The third-order valence-electron chi connectivity index (χ3n) is 9.43. The molecule has 4 aromatic rings. The van der Waals surface area contributed by atoms with Crippen molar-refractivity contribution in [3.05, 3.63) is 72.1 Å². The number of nitrogens with zero attached hydrogens (tertiary/aromatic N) is 3. The number of rotatable bonds is 22. The Morgan fingerprint density at radius 2 is 0.981 bits per heavy atom. The quantitative estimate of drug-likeness (QED) is 0.0698. The zero-order chi connectivity index (χ0) is 37.2. The van der Waals surface area contributed by atoms with E-state index < -0.39 is 67.0 Å². The van der Waals surface area contributed by atoms with Crippen LogP contribution in [0.5, 0.6) is 0 Å². The van der Waals surface area contributed by atoms with Gasteiger partial charge in [0.05, 0.1) is 48.0 Å². The van der Waals surface area contributed by atoms with E-state index in [1.54, 1.807) is 74.8 Å². The van der Waals surface area contributed by atoms with Crippen LogP contribution in [0.4, 0.5) is 0 Å². The molecule has 0 bridgehead atoms. The molecule has 2 aromatic heterocycles. The monoisotopic (exact) mass is 906 g/mol. The summed E-state index contributed by atoms with van der Waals surface area (Å²) in [5, 5.41) is 62.6. The zero-order valence-electron chi connectivity index (χ0n) is 30.7. The van der Waals surface area contributed by atoms with Crippen molar-refractivity contribution in [2.45, 2.75) is 51.2 Å². The van der Waals surface area contributed by atoms with Gasteiger partial charge in [0, 0.05) is 73.5 Å².